The predicted octanol–water partition coefficient (Wildman–Crippen LogP) is 2.14. The molecule has 1 aromatic rings. The van der Waals surface area contributed by atoms with E-state index >= 15 is 0 Å². The number of hydrogen-bond donors (Lipinski definition) is 2. The number of ether oxygens (including phenoxy) is 1. The molecular formula is C16H19NO4. The van der Waals surface area contributed by atoms with Crippen LogP contribution in [0.15, 0.2) is 24.3 Å². The minimum absolute atomic E-state index is 0.145. The zero-order chi connectivity index (χ0) is 15.4. The number of benzene rings is 1. The van der Waals surface area contributed by atoms with Gasteiger partial charge in [-0.3, -0.25) is 4.79 Å². The van der Waals surface area contributed by atoms with Crippen LogP contribution in [0, 0.1) is 6.92 Å². The first-order chi connectivity index (χ1) is 9.97. The van der Waals surface area contributed by atoms with Crippen molar-refractivity contribution in [3.8, 4) is 5.75 Å². The van der Waals surface area contributed by atoms with Gasteiger partial charge in [-0.25, -0.2) is 4.79 Å². The number of amides is 1. The van der Waals surface area contributed by atoms with Crippen LogP contribution in [0.1, 0.15) is 30.9 Å². The quantitative estimate of drug-likeness (QED) is 0.787. The number of hydrogen-bond acceptors (Lipinski definition) is 3. The number of rotatable bonds is 6. The average Bonchev–Trinajstić information content (AvgIpc) is 3.23. The van der Waals surface area contributed by atoms with Crippen molar-refractivity contribution in [1.82, 2.24) is 5.32 Å². The minimum atomic E-state index is -1.03. The highest BCUT2D eigenvalue weighted by Gasteiger charge is 2.26. The third-order valence-corrected chi connectivity index (χ3v) is 3.24. The number of para-hydroxylation sites is 1. The van der Waals surface area contributed by atoms with Gasteiger partial charge in [-0.15, -0.1) is 0 Å². The SMILES string of the molecule is Cc1cccc(/C=C/C(=O)O)c1OC(C)C(=O)NC1CC1. The molecule has 1 aromatic carbocycles. The second-order valence-electron chi connectivity index (χ2n) is 5.21. The van der Waals surface area contributed by atoms with Crippen LogP contribution in [0.25, 0.3) is 6.08 Å². The van der Waals surface area contributed by atoms with Crippen molar-refractivity contribution in [2.75, 3.05) is 0 Å². The molecule has 0 heterocycles. The Labute approximate surface area is 123 Å². The van der Waals surface area contributed by atoms with E-state index in [0.717, 1.165) is 24.5 Å². The summed E-state index contributed by atoms with van der Waals surface area (Å²) < 4.78 is 5.74. The highest BCUT2D eigenvalue weighted by molar-refractivity contribution is 5.86. The summed E-state index contributed by atoms with van der Waals surface area (Å²) in [5, 5.41) is 11.6. The Hall–Kier alpha value is -2.30. The molecule has 5 nitrogen and oxygen atoms in total. The lowest BCUT2D eigenvalue weighted by molar-refractivity contribution is -0.131. The summed E-state index contributed by atoms with van der Waals surface area (Å²) in [6.45, 7) is 3.55. The van der Waals surface area contributed by atoms with E-state index in [1.807, 2.05) is 19.1 Å². The lowest BCUT2D eigenvalue weighted by atomic mass is 10.1. The highest BCUT2D eigenvalue weighted by Crippen LogP contribution is 2.26. The summed E-state index contributed by atoms with van der Waals surface area (Å²) in [5.41, 5.74) is 1.50. The fourth-order valence-corrected chi connectivity index (χ4v) is 1.90. The predicted molar refractivity (Wildman–Crippen MR) is 79.1 cm³/mol. The van der Waals surface area contributed by atoms with Gasteiger partial charge in [-0.2, -0.15) is 0 Å². The average molecular weight is 289 g/mol. The number of carbonyl (C=O) groups excluding carboxylic acids is 1. The van der Waals surface area contributed by atoms with E-state index < -0.39 is 12.1 Å². The largest absolute Gasteiger partial charge is 0.480 e. The minimum Gasteiger partial charge on any atom is -0.480 e. The number of aryl methyl sites for hydroxylation is 1. The molecule has 1 aliphatic rings. The maximum atomic E-state index is 11.9. The van der Waals surface area contributed by atoms with Crippen LogP contribution >= 0.6 is 0 Å². The molecule has 0 saturated heterocycles. The van der Waals surface area contributed by atoms with Gasteiger partial charge in [0.1, 0.15) is 5.75 Å². The third-order valence-electron chi connectivity index (χ3n) is 3.24. The lowest BCUT2D eigenvalue weighted by Gasteiger charge is -2.18. The summed E-state index contributed by atoms with van der Waals surface area (Å²) in [6, 6.07) is 5.72. The number of carboxylic acids is 1. The van der Waals surface area contributed by atoms with Crippen LogP contribution in [-0.4, -0.2) is 29.1 Å². The first-order valence-corrected chi connectivity index (χ1v) is 6.95. The summed E-state index contributed by atoms with van der Waals surface area (Å²) in [5.74, 6) is -0.635. The second-order valence-corrected chi connectivity index (χ2v) is 5.21. The summed E-state index contributed by atoms with van der Waals surface area (Å²) in [7, 11) is 0. The molecule has 2 N–H and O–H groups in total. The van der Waals surface area contributed by atoms with Gasteiger partial charge in [0.2, 0.25) is 0 Å². The van der Waals surface area contributed by atoms with Gasteiger partial charge in [-0.05, 0) is 38.3 Å². The molecule has 2 rings (SSSR count). The molecule has 0 radical (unpaired) electrons. The molecule has 1 amide bonds. The molecule has 21 heavy (non-hydrogen) atoms. The van der Waals surface area contributed by atoms with Gasteiger partial charge < -0.3 is 15.2 Å². The molecule has 0 aliphatic heterocycles. The van der Waals surface area contributed by atoms with Crippen LogP contribution in [-0.2, 0) is 9.59 Å². The van der Waals surface area contributed by atoms with Crippen molar-refractivity contribution < 1.29 is 19.4 Å². The fraction of sp³-hybridized carbons (Fsp3) is 0.375. The molecule has 112 valence electrons. The van der Waals surface area contributed by atoms with Gasteiger partial charge in [0, 0.05) is 17.7 Å². The Kier molecular flexibility index (Phi) is 4.62. The van der Waals surface area contributed by atoms with Gasteiger partial charge in [0.05, 0.1) is 0 Å². The van der Waals surface area contributed by atoms with Gasteiger partial charge in [0.25, 0.3) is 5.91 Å². The molecule has 1 atom stereocenters. The van der Waals surface area contributed by atoms with E-state index in [9.17, 15) is 9.59 Å². The summed E-state index contributed by atoms with van der Waals surface area (Å²) in [4.78, 5) is 22.6. The zero-order valence-corrected chi connectivity index (χ0v) is 12.1. The van der Waals surface area contributed by atoms with Crippen molar-refractivity contribution in [2.24, 2.45) is 0 Å². The Morgan fingerprint density at radius 1 is 1.43 bits per heavy atom. The zero-order valence-electron chi connectivity index (χ0n) is 12.1. The van der Waals surface area contributed by atoms with Crippen molar-refractivity contribution in [3.05, 3.63) is 35.4 Å². The van der Waals surface area contributed by atoms with Gasteiger partial charge in [-0.1, -0.05) is 18.2 Å². The highest BCUT2D eigenvalue weighted by atomic mass is 16.5. The van der Waals surface area contributed by atoms with Gasteiger partial charge >= 0.3 is 5.97 Å². The molecule has 1 unspecified atom stereocenters. The topological polar surface area (TPSA) is 75.6 Å². The molecule has 0 spiro atoms. The van der Waals surface area contributed by atoms with Crippen molar-refractivity contribution >= 4 is 18.0 Å². The number of carboxylic acid groups (broad SMARTS) is 1. The van der Waals surface area contributed by atoms with Crippen LogP contribution in [0.2, 0.25) is 0 Å². The molecule has 0 bridgehead atoms. The molecule has 0 aromatic heterocycles. The Bertz CT molecular complexity index is 576. The van der Waals surface area contributed by atoms with Crippen molar-refractivity contribution in [1.29, 1.82) is 0 Å². The fourth-order valence-electron chi connectivity index (χ4n) is 1.90. The molecule has 1 fully saturated rings. The second kappa shape index (κ2) is 6.43. The Morgan fingerprint density at radius 2 is 2.14 bits per heavy atom. The molecule has 1 saturated carbocycles. The smallest absolute Gasteiger partial charge is 0.328 e. The first-order valence-electron chi connectivity index (χ1n) is 6.95. The van der Waals surface area contributed by atoms with E-state index in [0.29, 0.717) is 11.3 Å². The van der Waals surface area contributed by atoms with Crippen LogP contribution in [0.3, 0.4) is 0 Å². The first kappa shape index (κ1) is 15.1. The van der Waals surface area contributed by atoms with Crippen molar-refractivity contribution in [3.63, 3.8) is 0 Å². The summed E-state index contributed by atoms with van der Waals surface area (Å²) >= 11 is 0. The number of nitrogens with one attached hydrogen (secondary N) is 1. The maximum absolute atomic E-state index is 11.9. The Balaban J connectivity index is 2.13. The lowest BCUT2D eigenvalue weighted by Crippen LogP contribution is -2.37. The standard InChI is InChI=1S/C16H19NO4/c1-10-4-3-5-12(6-9-14(18)19)15(10)21-11(2)16(20)17-13-7-8-13/h3-6,9,11,13H,7-8H2,1-2H3,(H,17,20)(H,18,19)/b9-6+. The van der Waals surface area contributed by atoms with Crippen molar-refractivity contribution in [2.45, 2.75) is 38.8 Å². The number of aliphatic carboxylic acids is 1. The Morgan fingerprint density at radius 3 is 2.76 bits per heavy atom. The number of carbonyl (C=O) groups is 2. The van der Waals surface area contributed by atoms with Crippen LogP contribution in [0.4, 0.5) is 0 Å². The van der Waals surface area contributed by atoms with Gasteiger partial charge in [0.15, 0.2) is 6.10 Å². The van der Waals surface area contributed by atoms with E-state index in [1.54, 1.807) is 13.0 Å². The van der Waals surface area contributed by atoms with E-state index in [4.69, 9.17) is 9.84 Å². The normalized spacial score (nSPS) is 15.7. The van der Waals surface area contributed by atoms with E-state index in [1.165, 1.54) is 6.08 Å². The third kappa shape index (κ3) is 4.34. The van der Waals surface area contributed by atoms with E-state index in [2.05, 4.69) is 5.32 Å². The monoisotopic (exact) mass is 289 g/mol. The van der Waals surface area contributed by atoms with Crippen LogP contribution in [0.5, 0.6) is 5.75 Å². The van der Waals surface area contributed by atoms with E-state index in [-0.39, 0.29) is 11.9 Å². The molecular weight excluding hydrogens is 270 g/mol. The maximum Gasteiger partial charge on any atom is 0.328 e. The van der Waals surface area contributed by atoms with Crippen LogP contribution < -0.4 is 10.1 Å². The molecule has 5 heteroatoms. The molecule has 1 aliphatic carbocycles. The summed E-state index contributed by atoms with van der Waals surface area (Å²) in [6.07, 6.45) is 3.95.